The molecule has 10 nitrogen and oxygen atoms in total. The average Bonchev–Trinajstić information content (AvgIpc) is 3.51. The fraction of sp³-hybridized carbons (Fsp3) is 0.781. The molecule has 0 spiro atoms. The minimum atomic E-state index is -1.05. The molecular weight excluding hydrogens is 538 g/mol. The predicted octanol–water partition coefficient (Wildman–Crippen LogP) is 4.06. The zero-order chi connectivity index (χ0) is 31.7. The van der Waals surface area contributed by atoms with Crippen molar-refractivity contribution in [2.24, 2.45) is 17.8 Å². The van der Waals surface area contributed by atoms with E-state index in [1.54, 1.807) is 20.8 Å². The summed E-state index contributed by atoms with van der Waals surface area (Å²) in [4.78, 5) is 67.9. The summed E-state index contributed by atoms with van der Waals surface area (Å²) in [6, 6.07) is -1.62. The Labute approximate surface area is 251 Å². The Hall–Kier alpha value is -2.91. The Balaban J connectivity index is 2.21. The molecule has 238 valence electrons. The molecule has 0 aromatic heterocycles. The number of carbonyl (C=O) groups is 5. The maximum Gasteiger partial charge on any atom is 0.332 e. The fourth-order valence-corrected chi connectivity index (χ4v) is 5.68. The molecule has 0 aromatic rings. The lowest BCUT2D eigenvalue weighted by Crippen LogP contribution is -2.58. The number of nitrogens with one attached hydrogen (secondary N) is 2. The number of esters is 2. The van der Waals surface area contributed by atoms with Gasteiger partial charge in [0.25, 0.3) is 0 Å². The molecule has 0 aromatic carbocycles. The molecule has 2 rings (SSSR count). The summed E-state index contributed by atoms with van der Waals surface area (Å²) in [6.45, 7) is 17.2. The van der Waals surface area contributed by atoms with Crippen molar-refractivity contribution >= 4 is 29.7 Å². The van der Waals surface area contributed by atoms with Crippen LogP contribution < -0.4 is 10.6 Å². The Bertz CT molecular complexity index is 977. The van der Waals surface area contributed by atoms with Gasteiger partial charge in [-0.25, -0.2) is 4.79 Å². The summed E-state index contributed by atoms with van der Waals surface area (Å²) in [5.41, 5.74) is -1.72. The van der Waals surface area contributed by atoms with Gasteiger partial charge in [0.05, 0.1) is 12.3 Å². The van der Waals surface area contributed by atoms with E-state index in [0.29, 0.717) is 32.2 Å². The molecule has 10 heteroatoms. The van der Waals surface area contributed by atoms with Gasteiger partial charge in [0.2, 0.25) is 17.7 Å². The predicted molar refractivity (Wildman–Crippen MR) is 160 cm³/mol. The SMILES string of the molecule is C=CCOC(=O)C1(NC(=O)C2CCCN2C(=O)C(NC(=O)[C@@H](CC(=O)OC(C)(C)C)C(CCC)CCC)C(C)C)CC1. The molecule has 2 aliphatic rings. The molecule has 1 aliphatic heterocycles. The summed E-state index contributed by atoms with van der Waals surface area (Å²) >= 11 is 0. The molecule has 1 saturated carbocycles. The molecule has 1 heterocycles. The molecule has 2 unspecified atom stereocenters. The van der Waals surface area contributed by atoms with Crippen LogP contribution in [0.15, 0.2) is 12.7 Å². The highest BCUT2D eigenvalue weighted by Gasteiger charge is 2.54. The summed E-state index contributed by atoms with van der Waals surface area (Å²) in [7, 11) is 0. The van der Waals surface area contributed by atoms with E-state index in [0.717, 1.165) is 25.7 Å². The van der Waals surface area contributed by atoms with Crippen LogP contribution in [0.1, 0.15) is 106 Å². The van der Waals surface area contributed by atoms with Gasteiger partial charge in [0, 0.05) is 6.54 Å². The van der Waals surface area contributed by atoms with Crippen molar-refractivity contribution in [2.75, 3.05) is 13.2 Å². The summed E-state index contributed by atoms with van der Waals surface area (Å²) in [6.07, 6.45) is 6.75. The first-order chi connectivity index (χ1) is 19.7. The molecule has 1 aliphatic carbocycles. The van der Waals surface area contributed by atoms with E-state index in [1.165, 1.54) is 11.0 Å². The number of hydrogen-bond acceptors (Lipinski definition) is 7. The molecule has 3 atom stereocenters. The van der Waals surface area contributed by atoms with Gasteiger partial charge in [-0.3, -0.25) is 19.2 Å². The van der Waals surface area contributed by atoms with Crippen LogP contribution in [0, 0.1) is 17.8 Å². The number of hydrogen-bond donors (Lipinski definition) is 2. The molecule has 0 radical (unpaired) electrons. The van der Waals surface area contributed by atoms with Crippen LogP contribution in [0.3, 0.4) is 0 Å². The highest BCUT2D eigenvalue weighted by molar-refractivity contribution is 5.96. The second kappa shape index (κ2) is 15.5. The number of carbonyl (C=O) groups excluding carboxylic acids is 5. The lowest BCUT2D eigenvalue weighted by molar-refractivity contribution is -0.158. The molecule has 1 saturated heterocycles. The minimum Gasteiger partial charge on any atom is -0.460 e. The first-order valence-electron chi connectivity index (χ1n) is 15.6. The minimum absolute atomic E-state index is 0.0312. The first kappa shape index (κ1) is 35.3. The maximum atomic E-state index is 13.9. The standard InChI is InChI=1S/C32H53N3O7/c1-9-13-22(14-10-2)23(20-25(36)42-31(6,7)8)27(37)33-26(21(4)5)29(39)35-18-12-15-24(35)28(38)34-32(16-17-32)30(40)41-19-11-3/h11,21-24,26H,3,9-10,12-20H2,1-2,4-8H3,(H,33,37)(H,34,38)/t23-,24?,26?/m0/s1. The van der Waals surface area contributed by atoms with Crippen LogP contribution in [0.5, 0.6) is 0 Å². The monoisotopic (exact) mass is 591 g/mol. The number of rotatable bonds is 16. The largest absolute Gasteiger partial charge is 0.460 e. The molecule has 42 heavy (non-hydrogen) atoms. The Morgan fingerprint density at radius 1 is 1.07 bits per heavy atom. The third-order valence-corrected chi connectivity index (χ3v) is 7.94. The third kappa shape index (κ3) is 9.83. The number of ether oxygens (including phenoxy) is 2. The van der Waals surface area contributed by atoms with Crippen LogP contribution in [0.4, 0.5) is 0 Å². The summed E-state index contributed by atoms with van der Waals surface area (Å²) in [5, 5.41) is 5.80. The number of amides is 3. The molecule has 2 N–H and O–H groups in total. The second-order valence-corrected chi connectivity index (χ2v) is 13.1. The van der Waals surface area contributed by atoms with Crippen molar-refractivity contribution in [1.82, 2.24) is 15.5 Å². The van der Waals surface area contributed by atoms with E-state index in [-0.39, 0.29) is 36.7 Å². The first-order valence-corrected chi connectivity index (χ1v) is 15.6. The van der Waals surface area contributed by atoms with Gasteiger partial charge in [-0.2, -0.15) is 0 Å². The van der Waals surface area contributed by atoms with Crippen molar-refractivity contribution in [3.8, 4) is 0 Å². The quantitative estimate of drug-likeness (QED) is 0.204. The highest BCUT2D eigenvalue weighted by Crippen LogP contribution is 2.37. The van der Waals surface area contributed by atoms with Gasteiger partial charge in [-0.05, 0) is 71.1 Å². The maximum absolute atomic E-state index is 13.9. The van der Waals surface area contributed by atoms with Crippen LogP contribution >= 0.6 is 0 Å². The lowest BCUT2D eigenvalue weighted by atomic mass is 9.82. The second-order valence-electron chi connectivity index (χ2n) is 13.1. The van der Waals surface area contributed by atoms with E-state index in [9.17, 15) is 24.0 Å². The Morgan fingerprint density at radius 3 is 2.19 bits per heavy atom. The smallest absolute Gasteiger partial charge is 0.332 e. The van der Waals surface area contributed by atoms with E-state index in [2.05, 4.69) is 31.1 Å². The topological polar surface area (TPSA) is 131 Å². The van der Waals surface area contributed by atoms with E-state index >= 15 is 0 Å². The van der Waals surface area contributed by atoms with Gasteiger partial charge in [0.1, 0.15) is 29.8 Å². The molecule has 3 amide bonds. The molecule has 2 fully saturated rings. The van der Waals surface area contributed by atoms with E-state index < -0.39 is 47.0 Å². The third-order valence-electron chi connectivity index (χ3n) is 7.94. The zero-order valence-electron chi connectivity index (χ0n) is 26.8. The van der Waals surface area contributed by atoms with E-state index in [1.807, 2.05) is 13.8 Å². The van der Waals surface area contributed by atoms with Crippen molar-refractivity contribution < 1.29 is 33.4 Å². The van der Waals surface area contributed by atoms with Crippen molar-refractivity contribution in [3.05, 3.63) is 12.7 Å². The van der Waals surface area contributed by atoms with Gasteiger partial charge >= 0.3 is 11.9 Å². The van der Waals surface area contributed by atoms with Crippen LogP contribution in [-0.4, -0.2) is 70.9 Å². The fourth-order valence-electron chi connectivity index (χ4n) is 5.68. The molecule has 0 bridgehead atoms. The summed E-state index contributed by atoms with van der Waals surface area (Å²) < 4.78 is 10.7. The van der Waals surface area contributed by atoms with Crippen molar-refractivity contribution in [1.29, 1.82) is 0 Å². The number of likely N-dealkylation sites (tertiary alicyclic amines) is 1. The van der Waals surface area contributed by atoms with Crippen LogP contribution in [-0.2, 0) is 33.4 Å². The van der Waals surface area contributed by atoms with Crippen molar-refractivity contribution in [2.45, 2.75) is 129 Å². The van der Waals surface area contributed by atoms with Crippen LogP contribution in [0.2, 0.25) is 0 Å². The van der Waals surface area contributed by atoms with Gasteiger partial charge < -0.3 is 25.0 Å². The van der Waals surface area contributed by atoms with Crippen LogP contribution in [0.25, 0.3) is 0 Å². The Morgan fingerprint density at radius 2 is 1.69 bits per heavy atom. The summed E-state index contributed by atoms with van der Waals surface area (Å²) in [5.74, 6) is -2.94. The van der Waals surface area contributed by atoms with Gasteiger partial charge in [0.15, 0.2) is 0 Å². The highest BCUT2D eigenvalue weighted by atomic mass is 16.6. The Kier molecular flexibility index (Phi) is 13.0. The lowest BCUT2D eigenvalue weighted by Gasteiger charge is -2.33. The van der Waals surface area contributed by atoms with Gasteiger partial charge in [-0.15, -0.1) is 0 Å². The number of nitrogens with zero attached hydrogens (tertiary/aromatic N) is 1. The van der Waals surface area contributed by atoms with Gasteiger partial charge in [-0.1, -0.05) is 53.2 Å². The zero-order valence-corrected chi connectivity index (χ0v) is 26.8. The molecular formula is C32H53N3O7. The normalized spacial score (nSPS) is 19.2. The van der Waals surface area contributed by atoms with E-state index in [4.69, 9.17) is 9.47 Å². The van der Waals surface area contributed by atoms with Crippen molar-refractivity contribution in [3.63, 3.8) is 0 Å². The average molecular weight is 592 g/mol.